The maximum Gasteiger partial charge on any atom is 0.123 e. The smallest absolute Gasteiger partial charge is 0.123 e. The monoisotopic (exact) mass is 297 g/mol. The molecule has 0 aromatic heterocycles. The Morgan fingerprint density at radius 3 is 2.57 bits per heavy atom. The van der Waals surface area contributed by atoms with Crippen molar-refractivity contribution >= 4 is 0 Å². The molecular formula is C17H28FNO2. The summed E-state index contributed by atoms with van der Waals surface area (Å²) >= 11 is 0. The van der Waals surface area contributed by atoms with E-state index in [9.17, 15) is 4.39 Å². The normalized spacial score (nSPS) is 12.5. The molecule has 0 aliphatic rings. The average molecular weight is 297 g/mol. The molecule has 4 heteroatoms. The molecule has 3 nitrogen and oxygen atoms in total. The zero-order valence-electron chi connectivity index (χ0n) is 13.2. The van der Waals surface area contributed by atoms with Crippen LogP contribution in [-0.2, 0) is 9.47 Å². The summed E-state index contributed by atoms with van der Waals surface area (Å²) in [5.41, 5.74) is 1.19. The van der Waals surface area contributed by atoms with Gasteiger partial charge in [-0.1, -0.05) is 19.1 Å². The second-order valence-electron chi connectivity index (χ2n) is 5.20. The van der Waals surface area contributed by atoms with Gasteiger partial charge in [0.15, 0.2) is 0 Å². The first-order valence-electron chi connectivity index (χ1n) is 7.80. The van der Waals surface area contributed by atoms with E-state index < -0.39 is 0 Å². The Hall–Kier alpha value is -0.970. The van der Waals surface area contributed by atoms with Crippen molar-refractivity contribution in [2.45, 2.75) is 32.1 Å². The molecule has 1 unspecified atom stereocenters. The molecule has 21 heavy (non-hydrogen) atoms. The Morgan fingerprint density at radius 2 is 1.90 bits per heavy atom. The van der Waals surface area contributed by atoms with Crippen LogP contribution in [0.5, 0.6) is 0 Å². The van der Waals surface area contributed by atoms with E-state index in [-0.39, 0.29) is 5.82 Å². The van der Waals surface area contributed by atoms with Crippen LogP contribution in [-0.4, -0.2) is 40.0 Å². The second kappa shape index (κ2) is 11.7. The minimum atomic E-state index is -0.179. The van der Waals surface area contributed by atoms with Gasteiger partial charge in [-0.2, -0.15) is 0 Å². The summed E-state index contributed by atoms with van der Waals surface area (Å²) in [6.45, 7) is 6.13. The van der Waals surface area contributed by atoms with E-state index in [0.717, 1.165) is 39.0 Å². The number of ether oxygens (including phenoxy) is 2. The highest BCUT2D eigenvalue weighted by molar-refractivity contribution is 5.20. The molecule has 120 valence electrons. The summed E-state index contributed by atoms with van der Waals surface area (Å²) in [5, 5.41) is 3.45. The van der Waals surface area contributed by atoms with Gasteiger partial charge in [-0.3, -0.25) is 0 Å². The quantitative estimate of drug-likeness (QED) is 0.600. The fraction of sp³-hybridized carbons (Fsp3) is 0.647. The average Bonchev–Trinajstić information content (AvgIpc) is 2.50. The number of benzene rings is 1. The molecule has 0 saturated heterocycles. The van der Waals surface area contributed by atoms with Crippen LogP contribution in [0.15, 0.2) is 24.3 Å². The first kappa shape index (κ1) is 18.1. The van der Waals surface area contributed by atoms with Crippen molar-refractivity contribution in [3.8, 4) is 0 Å². The lowest BCUT2D eigenvalue weighted by Crippen LogP contribution is -2.22. The van der Waals surface area contributed by atoms with Crippen LogP contribution in [0.1, 0.15) is 37.7 Å². The molecule has 0 aliphatic carbocycles. The Morgan fingerprint density at radius 1 is 1.14 bits per heavy atom. The van der Waals surface area contributed by atoms with Gasteiger partial charge in [0.05, 0.1) is 13.2 Å². The molecule has 0 amide bonds. The lowest BCUT2D eigenvalue weighted by molar-refractivity contribution is 0.0681. The van der Waals surface area contributed by atoms with E-state index in [4.69, 9.17) is 9.47 Å². The second-order valence-corrected chi connectivity index (χ2v) is 5.20. The van der Waals surface area contributed by atoms with Crippen LogP contribution in [0, 0.1) is 5.82 Å². The van der Waals surface area contributed by atoms with Crippen molar-refractivity contribution in [3.63, 3.8) is 0 Å². The van der Waals surface area contributed by atoms with Crippen LogP contribution in [0.4, 0.5) is 4.39 Å². The molecule has 1 aromatic rings. The third-order valence-corrected chi connectivity index (χ3v) is 3.43. The zero-order valence-corrected chi connectivity index (χ0v) is 13.2. The standard InChI is InChI=1S/C17H28FNO2/c1-3-10-19-14-16(5-4-11-21-13-12-20-2)15-6-8-17(18)9-7-15/h6-9,16,19H,3-5,10-14H2,1-2H3. The van der Waals surface area contributed by atoms with E-state index >= 15 is 0 Å². The van der Waals surface area contributed by atoms with Crippen molar-refractivity contribution in [2.24, 2.45) is 0 Å². The van der Waals surface area contributed by atoms with E-state index in [1.807, 2.05) is 12.1 Å². The summed E-state index contributed by atoms with van der Waals surface area (Å²) in [7, 11) is 1.67. The fourth-order valence-corrected chi connectivity index (χ4v) is 2.25. The van der Waals surface area contributed by atoms with E-state index in [1.165, 1.54) is 17.7 Å². The number of methoxy groups -OCH3 is 1. The molecule has 1 N–H and O–H groups in total. The summed E-state index contributed by atoms with van der Waals surface area (Å²) < 4.78 is 23.5. The summed E-state index contributed by atoms with van der Waals surface area (Å²) in [6.07, 6.45) is 3.16. The SMILES string of the molecule is CCCNCC(CCCOCCOC)c1ccc(F)cc1. The van der Waals surface area contributed by atoms with Gasteiger partial charge in [0.25, 0.3) is 0 Å². The van der Waals surface area contributed by atoms with Crippen molar-refractivity contribution < 1.29 is 13.9 Å². The van der Waals surface area contributed by atoms with Gasteiger partial charge in [-0.05, 0) is 49.4 Å². The van der Waals surface area contributed by atoms with Gasteiger partial charge in [0, 0.05) is 20.3 Å². The molecular weight excluding hydrogens is 269 g/mol. The van der Waals surface area contributed by atoms with E-state index in [2.05, 4.69) is 12.2 Å². The molecule has 0 spiro atoms. The van der Waals surface area contributed by atoms with Gasteiger partial charge in [0.2, 0.25) is 0 Å². The summed E-state index contributed by atoms with van der Waals surface area (Å²) in [5.74, 6) is 0.227. The number of hydrogen-bond donors (Lipinski definition) is 1. The van der Waals surface area contributed by atoms with Crippen molar-refractivity contribution in [1.82, 2.24) is 5.32 Å². The summed E-state index contributed by atoms with van der Waals surface area (Å²) in [4.78, 5) is 0. The molecule has 1 atom stereocenters. The number of nitrogens with one attached hydrogen (secondary N) is 1. The Balaban J connectivity index is 2.39. The summed E-state index contributed by atoms with van der Waals surface area (Å²) in [6, 6.07) is 6.85. The zero-order chi connectivity index (χ0) is 15.3. The third-order valence-electron chi connectivity index (χ3n) is 3.43. The molecule has 1 rings (SSSR count). The third kappa shape index (κ3) is 8.15. The highest BCUT2D eigenvalue weighted by Gasteiger charge is 2.11. The molecule has 0 aliphatic heterocycles. The molecule has 0 bridgehead atoms. The maximum absolute atomic E-state index is 13.0. The Labute approximate surface area is 127 Å². The lowest BCUT2D eigenvalue weighted by atomic mass is 9.94. The van der Waals surface area contributed by atoms with Crippen molar-refractivity contribution in [1.29, 1.82) is 0 Å². The van der Waals surface area contributed by atoms with Crippen molar-refractivity contribution in [3.05, 3.63) is 35.6 Å². The molecule has 0 radical (unpaired) electrons. The van der Waals surface area contributed by atoms with Crippen LogP contribution in [0.25, 0.3) is 0 Å². The predicted molar refractivity (Wildman–Crippen MR) is 84.2 cm³/mol. The number of halogens is 1. The molecule has 0 fully saturated rings. The lowest BCUT2D eigenvalue weighted by Gasteiger charge is -2.18. The van der Waals surface area contributed by atoms with E-state index in [1.54, 1.807) is 7.11 Å². The van der Waals surface area contributed by atoms with E-state index in [0.29, 0.717) is 19.1 Å². The van der Waals surface area contributed by atoms with Gasteiger partial charge in [0.1, 0.15) is 5.82 Å². The number of rotatable bonds is 12. The van der Waals surface area contributed by atoms with Gasteiger partial charge >= 0.3 is 0 Å². The fourth-order valence-electron chi connectivity index (χ4n) is 2.25. The first-order chi connectivity index (χ1) is 10.3. The first-order valence-corrected chi connectivity index (χ1v) is 7.80. The highest BCUT2D eigenvalue weighted by atomic mass is 19.1. The molecule has 0 saturated carbocycles. The minimum Gasteiger partial charge on any atom is -0.382 e. The predicted octanol–water partition coefficient (Wildman–Crippen LogP) is 3.35. The van der Waals surface area contributed by atoms with Crippen LogP contribution >= 0.6 is 0 Å². The van der Waals surface area contributed by atoms with Crippen molar-refractivity contribution in [2.75, 3.05) is 40.0 Å². The molecule has 1 aromatic carbocycles. The topological polar surface area (TPSA) is 30.5 Å². The maximum atomic E-state index is 13.0. The van der Waals surface area contributed by atoms with Gasteiger partial charge < -0.3 is 14.8 Å². The largest absolute Gasteiger partial charge is 0.382 e. The Bertz CT molecular complexity index is 356. The van der Waals surface area contributed by atoms with Crippen LogP contribution < -0.4 is 5.32 Å². The highest BCUT2D eigenvalue weighted by Crippen LogP contribution is 2.21. The van der Waals surface area contributed by atoms with Gasteiger partial charge in [-0.25, -0.2) is 4.39 Å². The molecule has 0 heterocycles. The van der Waals surface area contributed by atoms with Crippen LogP contribution in [0.2, 0.25) is 0 Å². The Kier molecular flexibility index (Phi) is 10.0. The van der Waals surface area contributed by atoms with Gasteiger partial charge in [-0.15, -0.1) is 0 Å². The minimum absolute atomic E-state index is 0.179. The number of hydrogen-bond acceptors (Lipinski definition) is 3. The van der Waals surface area contributed by atoms with Crippen LogP contribution in [0.3, 0.4) is 0 Å².